The average Bonchev–Trinajstić information content (AvgIpc) is 2.73. The first-order chi connectivity index (χ1) is 14.8. The second-order valence-electron chi connectivity index (χ2n) is 6.97. The Morgan fingerprint density at radius 3 is 2.13 bits per heavy atom. The Bertz CT molecular complexity index is 1040. The molecule has 1 heterocycles. The fourth-order valence-electron chi connectivity index (χ4n) is 3.03. The number of anilines is 3. The molecule has 0 unspecified atom stereocenters. The molecule has 0 aliphatic rings. The number of nitrogens with zero attached hydrogens (tertiary/aromatic N) is 2. The van der Waals surface area contributed by atoms with Gasteiger partial charge >= 0.3 is 5.97 Å². The summed E-state index contributed by atoms with van der Waals surface area (Å²) in [6.45, 7) is 3.78. The lowest BCUT2D eigenvalue weighted by Crippen LogP contribution is -2.25. The number of para-hydroxylation sites is 1. The summed E-state index contributed by atoms with van der Waals surface area (Å²) in [6.07, 6.45) is 0. The smallest absolute Gasteiger partial charge is 0.338 e. The Morgan fingerprint density at radius 2 is 1.55 bits per heavy atom. The number of rotatable bonds is 7. The standard InChI is InChI=1S/C23H21Cl2N3O3/c1-15(2)28(18-6-4-3-5-7-18)19-10-8-17(9-11-19)26-22(29)14-31-23(30)16-12-20(24)27-21(25)13-16/h3-13,15H,14H2,1-2H3,(H,26,29). The number of amides is 1. The largest absolute Gasteiger partial charge is 0.452 e. The number of nitrogens with one attached hydrogen (secondary N) is 1. The lowest BCUT2D eigenvalue weighted by Gasteiger charge is -2.29. The third-order valence-electron chi connectivity index (χ3n) is 4.31. The molecule has 0 aliphatic carbocycles. The molecule has 0 bridgehead atoms. The lowest BCUT2D eigenvalue weighted by molar-refractivity contribution is -0.119. The van der Waals surface area contributed by atoms with Crippen LogP contribution >= 0.6 is 23.2 Å². The maximum absolute atomic E-state index is 12.2. The number of pyridine rings is 1. The summed E-state index contributed by atoms with van der Waals surface area (Å²) in [5.74, 6) is -1.18. The summed E-state index contributed by atoms with van der Waals surface area (Å²) in [4.78, 5) is 30.2. The van der Waals surface area contributed by atoms with Gasteiger partial charge in [-0.15, -0.1) is 0 Å². The lowest BCUT2D eigenvalue weighted by atomic mass is 10.2. The summed E-state index contributed by atoms with van der Waals surface area (Å²) >= 11 is 11.5. The van der Waals surface area contributed by atoms with Gasteiger partial charge in [-0.05, 0) is 62.4 Å². The number of ether oxygens (including phenoxy) is 1. The number of hydrogen-bond donors (Lipinski definition) is 1. The van der Waals surface area contributed by atoms with E-state index in [1.807, 2.05) is 42.5 Å². The molecule has 1 aromatic heterocycles. The van der Waals surface area contributed by atoms with E-state index in [0.29, 0.717) is 5.69 Å². The van der Waals surface area contributed by atoms with E-state index in [4.69, 9.17) is 27.9 Å². The van der Waals surface area contributed by atoms with Crippen molar-refractivity contribution in [3.63, 3.8) is 0 Å². The van der Waals surface area contributed by atoms with Crippen molar-refractivity contribution in [1.82, 2.24) is 4.98 Å². The maximum atomic E-state index is 12.2. The number of carbonyl (C=O) groups excluding carboxylic acids is 2. The number of aromatic nitrogens is 1. The van der Waals surface area contributed by atoms with Gasteiger partial charge in [0.15, 0.2) is 6.61 Å². The Labute approximate surface area is 190 Å². The molecule has 1 N–H and O–H groups in total. The van der Waals surface area contributed by atoms with E-state index in [-0.39, 0.29) is 21.9 Å². The van der Waals surface area contributed by atoms with Crippen LogP contribution in [0.3, 0.4) is 0 Å². The topological polar surface area (TPSA) is 71.5 Å². The zero-order valence-electron chi connectivity index (χ0n) is 17.0. The van der Waals surface area contributed by atoms with Crippen molar-refractivity contribution in [3.8, 4) is 0 Å². The van der Waals surface area contributed by atoms with E-state index in [9.17, 15) is 9.59 Å². The van der Waals surface area contributed by atoms with Gasteiger partial charge in [0.1, 0.15) is 10.3 Å². The first-order valence-corrected chi connectivity index (χ1v) is 10.3. The third kappa shape index (κ3) is 6.20. The molecular formula is C23H21Cl2N3O3. The molecule has 0 spiro atoms. The fourth-order valence-corrected chi connectivity index (χ4v) is 3.49. The van der Waals surface area contributed by atoms with Crippen LogP contribution in [0.15, 0.2) is 66.7 Å². The molecule has 31 heavy (non-hydrogen) atoms. The summed E-state index contributed by atoms with van der Waals surface area (Å²) in [7, 11) is 0. The molecule has 3 aromatic rings. The van der Waals surface area contributed by atoms with Gasteiger partial charge < -0.3 is 15.0 Å². The Kier molecular flexibility index (Phi) is 7.50. The predicted molar refractivity (Wildman–Crippen MR) is 123 cm³/mol. The predicted octanol–water partition coefficient (Wildman–Crippen LogP) is 5.73. The van der Waals surface area contributed by atoms with Crippen molar-refractivity contribution >= 4 is 52.1 Å². The molecule has 6 nitrogen and oxygen atoms in total. The van der Waals surface area contributed by atoms with Crippen molar-refractivity contribution < 1.29 is 14.3 Å². The highest BCUT2D eigenvalue weighted by atomic mass is 35.5. The minimum atomic E-state index is -0.716. The average molecular weight is 458 g/mol. The number of carbonyl (C=O) groups is 2. The number of benzene rings is 2. The molecule has 0 aliphatic heterocycles. The van der Waals surface area contributed by atoms with Crippen LogP contribution in [0.2, 0.25) is 10.3 Å². The molecule has 0 atom stereocenters. The van der Waals surface area contributed by atoms with E-state index >= 15 is 0 Å². The summed E-state index contributed by atoms with van der Waals surface area (Å²) in [5, 5.41) is 2.84. The van der Waals surface area contributed by atoms with Gasteiger partial charge in [0.05, 0.1) is 5.56 Å². The van der Waals surface area contributed by atoms with Gasteiger partial charge in [0, 0.05) is 23.1 Å². The number of hydrogen-bond acceptors (Lipinski definition) is 5. The quantitative estimate of drug-likeness (QED) is 0.362. The first-order valence-electron chi connectivity index (χ1n) is 9.58. The molecule has 0 fully saturated rings. The van der Waals surface area contributed by atoms with Gasteiger partial charge in [-0.2, -0.15) is 0 Å². The molecule has 0 saturated heterocycles. The maximum Gasteiger partial charge on any atom is 0.338 e. The number of halogens is 2. The van der Waals surface area contributed by atoms with Crippen molar-refractivity contribution in [3.05, 3.63) is 82.6 Å². The molecule has 160 valence electrons. The second kappa shape index (κ2) is 10.3. The molecule has 1 amide bonds. The van der Waals surface area contributed by atoms with Gasteiger partial charge in [0.25, 0.3) is 5.91 Å². The minimum absolute atomic E-state index is 0.0648. The highest BCUT2D eigenvalue weighted by Gasteiger charge is 2.14. The van der Waals surface area contributed by atoms with E-state index in [1.54, 1.807) is 12.1 Å². The van der Waals surface area contributed by atoms with Crippen LogP contribution in [0.25, 0.3) is 0 Å². The van der Waals surface area contributed by atoms with Gasteiger partial charge in [0.2, 0.25) is 0 Å². The Morgan fingerprint density at radius 1 is 0.968 bits per heavy atom. The van der Waals surface area contributed by atoms with Gasteiger partial charge in [-0.1, -0.05) is 41.4 Å². The van der Waals surface area contributed by atoms with Crippen LogP contribution in [-0.2, 0) is 9.53 Å². The Hall–Kier alpha value is -3.09. The highest BCUT2D eigenvalue weighted by molar-refractivity contribution is 6.32. The zero-order chi connectivity index (χ0) is 22.4. The van der Waals surface area contributed by atoms with Crippen LogP contribution in [0.5, 0.6) is 0 Å². The van der Waals surface area contributed by atoms with E-state index < -0.39 is 18.5 Å². The molecular weight excluding hydrogens is 437 g/mol. The van der Waals surface area contributed by atoms with Crippen LogP contribution in [0, 0.1) is 0 Å². The highest BCUT2D eigenvalue weighted by Crippen LogP contribution is 2.28. The molecule has 0 saturated carbocycles. The molecule has 8 heteroatoms. The van der Waals surface area contributed by atoms with E-state index in [0.717, 1.165) is 11.4 Å². The fraction of sp³-hybridized carbons (Fsp3) is 0.174. The Balaban J connectivity index is 1.60. The van der Waals surface area contributed by atoms with Crippen molar-refractivity contribution in [2.45, 2.75) is 19.9 Å². The summed E-state index contributed by atoms with van der Waals surface area (Å²) in [5.41, 5.74) is 2.79. The molecule has 3 rings (SSSR count). The monoisotopic (exact) mass is 457 g/mol. The summed E-state index contributed by atoms with van der Waals surface area (Å²) < 4.78 is 5.02. The number of esters is 1. The zero-order valence-corrected chi connectivity index (χ0v) is 18.5. The second-order valence-corrected chi connectivity index (χ2v) is 7.75. The van der Waals surface area contributed by atoms with Crippen LogP contribution < -0.4 is 10.2 Å². The van der Waals surface area contributed by atoms with Crippen LogP contribution in [-0.4, -0.2) is 29.5 Å². The first kappa shape index (κ1) is 22.6. The van der Waals surface area contributed by atoms with E-state index in [2.05, 4.69) is 29.0 Å². The van der Waals surface area contributed by atoms with Crippen molar-refractivity contribution in [1.29, 1.82) is 0 Å². The van der Waals surface area contributed by atoms with Gasteiger partial charge in [-0.3, -0.25) is 4.79 Å². The van der Waals surface area contributed by atoms with Crippen LogP contribution in [0.1, 0.15) is 24.2 Å². The van der Waals surface area contributed by atoms with Crippen molar-refractivity contribution in [2.24, 2.45) is 0 Å². The molecule has 2 aromatic carbocycles. The third-order valence-corrected chi connectivity index (χ3v) is 4.70. The normalized spacial score (nSPS) is 10.6. The summed E-state index contributed by atoms with van der Waals surface area (Å²) in [6, 6.07) is 20.4. The van der Waals surface area contributed by atoms with E-state index in [1.165, 1.54) is 12.1 Å². The minimum Gasteiger partial charge on any atom is -0.452 e. The van der Waals surface area contributed by atoms with Gasteiger partial charge in [-0.25, -0.2) is 9.78 Å². The van der Waals surface area contributed by atoms with Crippen molar-refractivity contribution in [2.75, 3.05) is 16.8 Å². The van der Waals surface area contributed by atoms with Crippen LogP contribution in [0.4, 0.5) is 17.1 Å². The SMILES string of the molecule is CC(C)N(c1ccccc1)c1ccc(NC(=O)COC(=O)c2cc(Cl)nc(Cl)c2)cc1. The molecule has 0 radical (unpaired) electrons.